The summed E-state index contributed by atoms with van der Waals surface area (Å²) in [5.41, 5.74) is 1.89. The van der Waals surface area contributed by atoms with Gasteiger partial charge in [0.15, 0.2) is 0 Å². The van der Waals surface area contributed by atoms with E-state index in [0.29, 0.717) is 6.54 Å². The van der Waals surface area contributed by atoms with E-state index in [1.54, 1.807) is 6.92 Å². The molecular weight excluding hydrogens is 274 g/mol. The maximum Gasteiger partial charge on any atom is 0.250 e. The first-order chi connectivity index (χ1) is 9.42. The highest BCUT2D eigenvalue weighted by molar-refractivity contribution is 6.63. The molecule has 0 aromatic rings. The van der Waals surface area contributed by atoms with Crippen LogP contribution in [0, 0.1) is 5.92 Å². The SMILES string of the molecule is CC=CC1=C(C)C(=O)N(CC(C)C(=O)Cl)C(CC)CC1. The molecule has 1 aliphatic heterocycles. The average molecular weight is 298 g/mol. The minimum atomic E-state index is -0.382. The Morgan fingerprint density at radius 2 is 2.20 bits per heavy atom. The molecule has 1 rings (SSSR count). The molecule has 0 aromatic carbocycles. The Kier molecular flexibility index (Phi) is 6.47. The molecule has 112 valence electrons. The standard InChI is InChI=1S/C16H24ClNO2/c1-5-7-13-8-9-14(6-2)18(16(20)12(13)4)10-11(3)15(17)19/h5,7,11,14H,6,8-10H2,1-4H3. The van der Waals surface area contributed by atoms with E-state index < -0.39 is 0 Å². The number of allylic oxidation sites excluding steroid dienone is 3. The van der Waals surface area contributed by atoms with Gasteiger partial charge < -0.3 is 4.90 Å². The van der Waals surface area contributed by atoms with E-state index in [-0.39, 0.29) is 23.1 Å². The zero-order chi connectivity index (χ0) is 15.3. The Balaban J connectivity index is 3.05. The molecule has 0 radical (unpaired) electrons. The molecule has 3 nitrogen and oxygen atoms in total. The van der Waals surface area contributed by atoms with Crippen LogP contribution in [0.2, 0.25) is 0 Å². The number of amides is 1. The zero-order valence-corrected chi connectivity index (χ0v) is 13.5. The third kappa shape index (κ3) is 3.95. The first kappa shape index (κ1) is 17.0. The Bertz CT molecular complexity index is 440. The third-order valence-corrected chi connectivity index (χ3v) is 4.32. The fraction of sp³-hybridized carbons (Fsp3) is 0.625. The van der Waals surface area contributed by atoms with Crippen LogP contribution < -0.4 is 0 Å². The fourth-order valence-corrected chi connectivity index (χ4v) is 2.69. The van der Waals surface area contributed by atoms with E-state index in [1.807, 2.05) is 30.9 Å². The molecule has 20 heavy (non-hydrogen) atoms. The molecular formula is C16H24ClNO2. The van der Waals surface area contributed by atoms with Crippen LogP contribution in [0.4, 0.5) is 0 Å². The molecule has 2 unspecified atom stereocenters. The van der Waals surface area contributed by atoms with Crippen molar-refractivity contribution in [3.05, 3.63) is 23.3 Å². The van der Waals surface area contributed by atoms with E-state index in [9.17, 15) is 9.59 Å². The molecule has 1 aliphatic rings. The van der Waals surface area contributed by atoms with Crippen LogP contribution in [0.5, 0.6) is 0 Å². The summed E-state index contributed by atoms with van der Waals surface area (Å²) in [6, 6.07) is 0.179. The maximum absolute atomic E-state index is 12.6. The number of nitrogens with zero attached hydrogens (tertiary/aromatic N) is 1. The molecule has 0 aliphatic carbocycles. The Morgan fingerprint density at radius 3 is 2.70 bits per heavy atom. The second-order valence-corrected chi connectivity index (χ2v) is 5.79. The maximum atomic E-state index is 12.6. The lowest BCUT2D eigenvalue weighted by molar-refractivity contribution is -0.130. The highest BCUT2D eigenvalue weighted by Gasteiger charge is 2.30. The first-order valence-electron chi connectivity index (χ1n) is 7.25. The van der Waals surface area contributed by atoms with Gasteiger partial charge in [0, 0.05) is 24.1 Å². The molecule has 0 saturated carbocycles. The topological polar surface area (TPSA) is 37.4 Å². The number of carbonyl (C=O) groups is 2. The van der Waals surface area contributed by atoms with Crippen LogP contribution >= 0.6 is 11.6 Å². The predicted molar refractivity (Wildman–Crippen MR) is 82.6 cm³/mol. The van der Waals surface area contributed by atoms with Gasteiger partial charge in [0.25, 0.3) is 0 Å². The van der Waals surface area contributed by atoms with Gasteiger partial charge in [-0.2, -0.15) is 0 Å². The molecule has 0 aromatic heterocycles. The van der Waals surface area contributed by atoms with Crippen LogP contribution in [0.25, 0.3) is 0 Å². The molecule has 0 N–H and O–H groups in total. The molecule has 0 bridgehead atoms. The van der Waals surface area contributed by atoms with Gasteiger partial charge in [-0.25, -0.2) is 0 Å². The lowest BCUT2D eigenvalue weighted by atomic mass is 10.0. The summed E-state index contributed by atoms with van der Waals surface area (Å²) < 4.78 is 0. The Morgan fingerprint density at radius 1 is 1.55 bits per heavy atom. The van der Waals surface area contributed by atoms with Crippen molar-refractivity contribution in [2.24, 2.45) is 5.92 Å². The van der Waals surface area contributed by atoms with E-state index >= 15 is 0 Å². The second-order valence-electron chi connectivity index (χ2n) is 5.41. The first-order valence-corrected chi connectivity index (χ1v) is 7.62. The normalized spacial score (nSPS) is 22.4. The Hall–Kier alpha value is -1.09. The quantitative estimate of drug-likeness (QED) is 0.726. The summed E-state index contributed by atoms with van der Waals surface area (Å²) in [7, 11) is 0. The van der Waals surface area contributed by atoms with Gasteiger partial charge in [-0.1, -0.05) is 26.0 Å². The van der Waals surface area contributed by atoms with Crippen molar-refractivity contribution < 1.29 is 9.59 Å². The smallest absolute Gasteiger partial charge is 0.250 e. The van der Waals surface area contributed by atoms with Crippen molar-refractivity contribution in [3.63, 3.8) is 0 Å². The lowest BCUT2D eigenvalue weighted by Crippen LogP contribution is -2.43. The number of rotatable bonds is 5. The summed E-state index contributed by atoms with van der Waals surface area (Å²) >= 11 is 5.54. The second kappa shape index (κ2) is 7.63. The Labute approximate surface area is 126 Å². The van der Waals surface area contributed by atoms with Gasteiger partial charge in [-0.3, -0.25) is 9.59 Å². The number of halogens is 1. The highest BCUT2D eigenvalue weighted by Crippen LogP contribution is 2.26. The molecule has 0 saturated heterocycles. The average Bonchev–Trinajstić information content (AvgIpc) is 2.52. The molecule has 4 heteroatoms. The van der Waals surface area contributed by atoms with Gasteiger partial charge in [-0.05, 0) is 50.3 Å². The van der Waals surface area contributed by atoms with Crippen molar-refractivity contribution in [1.82, 2.24) is 4.90 Å². The summed E-state index contributed by atoms with van der Waals surface area (Å²) in [5, 5.41) is -0.382. The van der Waals surface area contributed by atoms with Crippen LogP contribution in [0.15, 0.2) is 23.3 Å². The lowest BCUT2D eigenvalue weighted by Gasteiger charge is -2.31. The van der Waals surface area contributed by atoms with Crippen molar-refractivity contribution >= 4 is 22.8 Å². The van der Waals surface area contributed by atoms with E-state index in [1.165, 1.54) is 0 Å². The molecule has 0 fully saturated rings. The van der Waals surface area contributed by atoms with Crippen LogP contribution in [-0.2, 0) is 9.59 Å². The van der Waals surface area contributed by atoms with Crippen molar-refractivity contribution in [1.29, 1.82) is 0 Å². The molecule has 2 atom stereocenters. The minimum absolute atomic E-state index is 0.0345. The summed E-state index contributed by atoms with van der Waals surface area (Å²) in [6.07, 6.45) is 6.71. The highest BCUT2D eigenvalue weighted by atomic mass is 35.5. The van der Waals surface area contributed by atoms with Gasteiger partial charge >= 0.3 is 0 Å². The van der Waals surface area contributed by atoms with Crippen molar-refractivity contribution in [3.8, 4) is 0 Å². The van der Waals surface area contributed by atoms with Gasteiger partial charge in [0.05, 0.1) is 0 Å². The third-order valence-electron chi connectivity index (χ3n) is 3.95. The predicted octanol–water partition coefficient (Wildman–Crippen LogP) is 3.68. The molecule has 1 heterocycles. The summed E-state index contributed by atoms with van der Waals surface area (Å²) in [6.45, 7) is 8.08. The van der Waals surface area contributed by atoms with Gasteiger partial charge in [0.2, 0.25) is 11.1 Å². The van der Waals surface area contributed by atoms with Crippen LogP contribution in [0.1, 0.15) is 47.0 Å². The summed E-state index contributed by atoms with van der Waals surface area (Å²) in [5.74, 6) is -0.294. The molecule has 1 amide bonds. The number of hydrogen-bond donors (Lipinski definition) is 0. The van der Waals surface area contributed by atoms with Crippen molar-refractivity contribution in [2.75, 3.05) is 6.54 Å². The largest absolute Gasteiger partial charge is 0.335 e. The van der Waals surface area contributed by atoms with Crippen molar-refractivity contribution in [2.45, 2.75) is 53.0 Å². The van der Waals surface area contributed by atoms with E-state index in [0.717, 1.165) is 30.4 Å². The van der Waals surface area contributed by atoms with E-state index in [4.69, 9.17) is 11.6 Å². The zero-order valence-electron chi connectivity index (χ0n) is 12.8. The minimum Gasteiger partial charge on any atom is -0.335 e. The monoisotopic (exact) mass is 297 g/mol. The summed E-state index contributed by atoms with van der Waals surface area (Å²) in [4.78, 5) is 25.7. The van der Waals surface area contributed by atoms with Crippen LogP contribution in [-0.4, -0.2) is 28.6 Å². The fourth-order valence-electron chi connectivity index (χ4n) is 2.62. The van der Waals surface area contributed by atoms with E-state index in [2.05, 4.69) is 6.92 Å². The van der Waals surface area contributed by atoms with Crippen LogP contribution in [0.3, 0.4) is 0 Å². The number of hydrogen-bond acceptors (Lipinski definition) is 2. The molecule has 0 spiro atoms. The van der Waals surface area contributed by atoms with Gasteiger partial charge in [-0.15, -0.1) is 0 Å². The van der Waals surface area contributed by atoms with Gasteiger partial charge in [0.1, 0.15) is 0 Å². The number of carbonyl (C=O) groups excluding carboxylic acids is 2.